The van der Waals surface area contributed by atoms with Crippen LogP contribution < -0.4 is 10.1 Å². The summed E-state index contributed by atoms with van der Waals surface area (Å²) in [5.41, 5.74) is 2.51. The first-order valence-corrected chi connectivity index (χ1v) is 8.19. The van der Waals surface area contributed by atoms with Crippen LogP contribution in [0.25, 0.3) is 0 Å². The summed E-state index contributed by atoms with van der Waals surface area (Å²) < 4.78 is 6.81. The van der Waals surface area contributed by atoms with Gasteiger partial charge >= 0.3 is 0 Å². The van der Waals surface area contributed by atoms with Gasteiger partial charge in [-0.1, -0.05) is 53.2 Å². The normalized spacial score (nSPS) is 12.1. The average molecular weight is 348 g/mol. The summed E-state index contributed by atoms with van der Waals surface area (Å²) in [7, 11) is 0. The highest BCUT2D eigenvalue weighted by Crippen LogP contribution is 2.23. The van der Waals surface area contributed by atoms with Gasteiger partial charge in [0.2, 0.25) is 0 Å². The van der Waals surface area contributed by atoms with Crippen molar-refractivity contribution in [3.05, 3.63) is 64.1 Å². The maximum Gasteiger partial charge on any atom is 0.119 e. The highest BCUT2D eigenvalue weighted by atomic mass is 79.9. The Balaban J connectivity index is 1.95. The Labute approximate surface area is 135 Å². The highest BCUT2D eigenvalue weighted by Gasteiger charge is 2.08. The Morgan fingerprint density at radius 3 is 2.71 bits per heavy atom. The molecular formula is C18H22BrNO. The molecule has 0 bridgehead atoms. The molecular weight excluding hydrogens is 326 g/mol. The van der Waals surface area contributed by atoms with E-state index in [2.05, 4.69) is 65.4 Å². The molecule has 1 unspecified atom stereocenters. The van der Waals surface area contributed by atoms with E-state index in [1.165, 1.54) is 11.1 Å². The zero-order valence-electron chi connectivity index (χ0n) is 12.6. The molecule has 1 N–H and O–H groups in total. The molecule has 0 fully saturated rings. The number of nitrogens with one attached hydrogen (secondary N) is 1. The third-order valence-corrected chi connectivity index (χ3v) is 4.08. The Hall–Kier alpha value is -1.32. The standard InChI is InChI=1S/C18H22BrNO/c1-3-11-21-16-8-6-7-15(12-16)13-20-14(2)17-9-4-5-10-18(17)19/h4-10,12,14,20H,3,11,13H2,1-2H3. The van der Waals surface area contributed by atoms with Crippen molar-refractivity contribution in [2.24, 2.45) is 0 Å². The van der Waals surface area contributed by atoms with Crippen LogP contribution in [0, 0.1) is 0 Å². The summed E-state index contributed by atoms with van der Waals surface area (Å²) in [5, 5.41) is 3.55. The van der Waals surface area contributed by atoms with Crippen molar-refractivity contribution in [1.82, 2.24) is 5.32 Å². The van der Waals surface area contributed by atoms with Crippen molar-refractivity contribution in [3.8, 4) is 5.75 Å². The molecule has 0 aromatic heterocycles. The lowest BCUT2D eigenvalue weighted by molar-refractivity contribution is 0.317. The molecule has 0 saturated carbocycles. The first-order valence-electron chi connectivity index (χ1n) is 7.40. The Morgan fingerprint density at radius 1 is 1.14 bits per heavy atom. The minimum absolute atomic E-state index is 0.292. The largest absolute Gasteiger partial charge is 0.494 e. The van der Waals surface area contributed by atoms with Crippen LogP contribution >= 0.6 is 15.9 Å². The first-order chi connectivity index (χ1) is 10.2. The van der Waals surface area contributed by atoms with Crippen LogP contribution in [0.5, 0.6) is 5.75 Å². The van der Waals surface area contributed by atoms with Crippen molar-refractivity contribution in [2.75, 3.05) is 6.61 Å². The lowest BCUT2D eigenvalue weighted by Gasteiger charge is -2.16. The first kappa shape index (κ1) is 16.1. The quantitative estimate of drug-likeness (QED) is 0.753. The molecule has 0 radical (unpaired) electrons. The van der Waals surface area contributed by atoms with Gasteiger partial charge < -0.3 is 10.1 Å². The fraction of sp³-hybridized carbons (Fsp3) is 0.333. The molecule has 3 heteroatoms. The molecule has 2 aromatic rings. The molecule has 0 spiro atoms. The lowest BCUT2D eigenvalue weighted by Crippen LogP contribution is -2.18. The molecule has 1 atom stereocenters. The van der Waals surface area contributed by atoms with Crippen LogP contribution in [0.15, 0.2) is 53.0 Å². The van der Waals surface area contributed by atoms with E-state index in [4.69, 9.17) is 4.74 Å². The van der Waals surface area contributed by atoms with E-state index in [0.29, 0.717) is 6.04 Å². The molecule has 0 saturated heterocycles. The van der Waals surface area contributed by atoms with Gasteiger partial charge in [-0.05, 0) is 42.7 Å². The van der Waals surface area contributed by atoms with Crippen LogP contribution in [0.3, 0.4) is 0 Å². The molecule has 2 nitrogen and oxygen atoms in total. The predicted octanol–water partition coefficient (Wildman–Crippen LogP) is 5.09. The molecule has 0 aliphatic rings. The van der Waals surface area contributed by atoms with E-state index < -0.39 is 0 Å². The summed E-state index contributed by atoms with van der Waals surface area (Å²) in [6.07, 6.45) is 1.03. The molecule has 112 valence electrons. The van der Waals surface area contributed by atoms with Gasteiger partial charge in [0.25, 0.3) is 0 Å². The van der Waals surface area contributed by atoms with Crippen molar-refractivity contribution >= 4 is 15.9 Å². The monoisotopic (exact) mass is 347 g/mol. The minimum Gasteiger partial charge on any atom is -0.494 e. The number of hydrogen-bond donors (Lipinski definition) is 1. The maximum absolute atomic E-state index is 5.67. The van der Waals surface area contributed by atoms with E-state index in [0.717, 1.165) is 29.8 Å². The molecule has 2 aromatic carbocycles. The van der Waals surface area contributed by atoms with Crippen molar-refractivity contribution in [3.63, 3.8) is 0 Å². The second kappa shape index (κ2) is 8.20. The number of benzene rings is 2. The van der Waals surface area contributed by atoms with Crippen LogP contribution in [0.4, 0.5) is 0 Å². The van der Waals surface area contributed by atoms with Gasteiger partial charge in [0, 0.05) is 17.1 Å². The van der Waals surface area contributed by atoms with Crippen LogP contribution in [-0.2, 0) is 6.54 Å². The van der Waals surface area contributed by atoms with Crippen molar-refractivity contribution < 1.29 is 4.74 Å². The summed E-state index contributed by atoms with van der Waals surface area (Å²) >= 11 is 3.60. The molecule has 21 heavy (non-hydrogen) atoms. The topological polar surface area (TPSA) is 21.3 Å². The SMILES string of the molecule is CCCOc1cccc(CNC(C)c2ccccc2Br)c1. The third kappa shape index (κ3) is 4.87. The summed E-state index contributed by atoms with van der Waals surface area (Å²) in [4.78, 5) is 0. The molecule has 0 heterocycles. The molecule has 0 aliphatic heterocycles. The van der Waals surface area contributed by atoms with E-state index in [1.54, 1.807) is 0 Å². The number of hydrogen-bond acceptors (Lipinski definition) is 2. The van der Waals surface area contributed by atoms with Gasteiger partial charge in [-0.25, -0.2) is 0 Å². The fourth-order valence-electron chi connectivity index (χ4n) is 2.17. The Bertz CT molecular complexity index is 571. The lowest BCUT2D eigenvalue weighted by atomic mass is 10.1. The third-order valence-electron chi connectivity index (χ3n) is 3.36. The van der Waals surface area contributed by atoms with Gasteiger partial charge in [0.05, 0.1) is 6.61 Å². The fourth-order valence-corrected chi connectivity index (χ4v) is 2.80. The smallest absolute Gasteiger partial charge is 0.119 e. The van der Waals surface area contributed by atoms with Crippen LogP contribution in [-0.4, -0.2) is 6.61 Å². The van der Waals surface area contributed by atoms with E-state index >= 15 is 0 Å². The van der Waals surface area contributed by atoms with Gasteiger partial charge in [0.15, 0.2) is 0 Å². The van der Waals surface area contributed by atoms with Crippen LogP contribution in [0.2, 0.25) is 0 Å². The van der Waals surface area contributed by atoms with Gasteiger partial charge in [-0.3, -0.25) is 0 Å². The predicted molar refractivity (Wildman–Crippen MR) is 91.6 cm³/mol. The Morgan fingerprint density at radius 2 is 1.95 bits per heavy atom. The van der Waals surface area contributed by atoms with Gasteiger partial charge in [-0.2, -0.15) is 0 Å². The second-order valence-electron chi connectivity index (χ2n) is 5.12. The number of ether oxygens (including phenoxy) is 1. The van der Waals surface area contributed by atoms with Gasteiger partial charge in [0.1, 0.15) is 5.75 Å². The summed E-state index contributed by atoms with van der Waals surface area (Å²) in [5.74, 6) is 0.949. The average Bonchev–Trinajstić information content (AvgIpc) is 2.51. The van der Waals surface area contributed by atoms with Gasteiger partial charge in [-0.15, -0.1) is 0 Å². The zero-order chi connectivity index (χ0) is 15.1. The van der Waals surface area contributed by atoms with Crippen molar-refractivity contribution in [2.45, 2.75) is 32.9 Å². The summed E-state index contributed by atoms with van der Waals surface area (Å²) in [6, 6.07) is 16.9. The summed E-state index contributed by atoms with van der Waals surface area (Å²) in [6.45, 7) is 5.89. The zero-order valence-corrected chi connectivity index (χ0v) is 14.2. The molecule has 0 aliphatic carbocycles. The maximum atomic E-state index is 5.67. The second-order valence-corrected chi connectivity index (χ2v) is 5.97. The van der Waals surface area contributed by atoms with Crippen LogP contribution in [0.1, 0.15) is 37.4 Å². The van der Waals surface area contributed by atoms with E-state index in [1.807, 2.05) is 18.2 Å². The van der Waals surface area contributed by atoms with Crippen molar-refractivity contribution in [1.29, 1.82) is 0 Å². The highest BCUT2D eigenvalue weighted by molar-refractivity contribution is 9.10. The van der Waals surface area contributed by atoms with E-state index in [9.17, 15) is 0 Å². The number of halogens is 1. The molecule has 2 rings (SSSR count). The van der Waals surface area contributed by atoms with E-state index in [-0.39, 0.29) is 0 Å². The molecule has 0 amide bonds. The number of rotatable bonds is 7. The Kier molecular flexibility index (Phi) is 6.27. The minimum atomic E-state index is 0.292.